The van der Waals surface area contributed by atoms with Crippen molar-refractivity contribution in [2.45, 2.75) is 25.8 Å². The molecule has 3 rings (SSSR count). The highest BCUT2D eigenvalue weighted by Gasteiger charge is 2.31. The number of likely N-dealkylation sites (tertiary alicyclic amines) is 1. The lowest BCUT2D eigenvalue weighted by Crippen LogP contribution is -2.37. The van der Waals surface area contributed by atoms with E-state index in [1.807, 2.05) is 59.8 Å². The summed E-state index contributed by atoms with van der Waals surface area (Å²) in [4.78, 5) is 25.4. The highest BCUT2D eigenvalue weighted by atomic mass is 16.2. The first-order valence-electron chi connectivity index (χ1n) is 7.98. The first kappa shape index (κ1) is 15.7. The second-order valence-corrected chi connectivity index (χ2v) is 6.25. The van der Waals surface area contributed by atoms with E-state index in [9.17, 15) is 4.79 Å². The Morgan fingerprint density at radius 3 is 2.91 bits per heavy atom. The Labute approximate surface area is 136 Å². The van der Waals surface area contributed by atoms with Gasteiger partial charge in [0.2, 0.25) is 5.91 Å². The molecule has 122 valence electrons. The molecule has 1 unspecified atom stereocenters. The summed E-state index contributed by atoms with van der Waals surface area (Å²) < 4.78 is 1.96. The van der Waals surface area contributed by atoms with Gasteiger partial charge in [0.15, 0.2) is 0 Å². The lowest BCUT2D eigenvalue weighted by atomic mass is 10.1. The van der Waals surface area contributed by atoms with Gasteiger partial charge in [-0.25, -0.2) is 9.97 Å². The molecule has 0 aliphatic carbocycles. The first-order valence-corrected chi connectivity index (χ1v) is 7.98. The molecule has 6 nitrogen and oxygen atoms in total. The van der Waals surface area contributed by atoms with Crippen LogP contribution in [0, 0.1) is 6.92 Å². The van der Waals surface area contributed by atoms with Crippen molar-refractivity contribution in [3.05, 3.63) is 42.1 Å². The zero-order chi connectivity index (χ0) is 16.4. The van der Waals surface area contributed by atoms with Crippen molar-refractivity contribution in [1.29, 1.82) is 0 Å². The van der Waals surface area contributed by atoms with Gasteiger partial charge in [-0.3, -0.25) is 9.36 Å². The van der Waals surface area contributed by atoms with E-state index in [1.165, 1.54) is 0 Å². The van der Waals surface area contributed by atoms with E-state index in [4.69, 9.17) is 4.98 Å². The maximum atomic E-state index is 12.4. The number of amides is 1. The second-order valence-electron chi connectivity index (χ2n) is 6.25. The maximum Gasteiger partial charge on any atom is 0.237 e. The topological polar surface area (TPSA) is 54.3 Å². The van der Waals surface area contributed by atoms with Gasteiger partial charge < -0.3 is 9.80 Å². The van der Waals surface area contributed by atoms with Crippen LogP contribution in [0.15, 0.2) is 30.6 Å². The average molecular weight is 313 g/mol. The summed E-state index contributed by atoms with van der Waals surface area (Å²) in [6.45, 7) is 3.21. The molecule has 2 aromatic rings. The normalized spacial score (nSPS) is 17.9. The fourth-order valence-corrected chi connectivity index (χ4v) is 3.11. The lowest BCUT2D eigenvalue weighted by molar-refractivity contribution is -0.132. The molecule has 23 heavy (non-hydrogen) atoms. The minimum atomic E-state index is 0.0752. The number of imidazole rings is 1. The molecule has 0 saturated carbocycles. The van der Waals surface area contributed by atoms with E-state index in [0.29, 0.717) is 6.54 Å². The first-order chi connectivity index (χ1) is 11.1. The third-order valence-electron chi connectivity index (χ3n) is 4.19. The highest BCUT2D eigenvalue weighted by Crippen LogP contribution is 2.31. The molecule has 0 N–H and O–H groups in total. The van der Waals surface area contributed by atoms with Crippen molar-refractivity contribution in [3.63, 3.8) is 0 Å². The molecule has 1 saturated heterocycles. The molecule has 3 heterocycles. The maximum absolute atomic E-state index is 12.4. The standard InChI is InChI=1S/C17H23N5O/c1-13-18-9-11-21(13)16-8-4-6-14(19-16)15-7-5-10-22(15)17(23)12-20(2)3/h4,6,8-9,11,15H,5,7,10,12H2,1-3H3. The number of hydrogen-bond donors (Lipinski definition) is 0. The van der Waals surface area contributed by atoms with Crippen molar-refractivity contribution in [2.24, 2.45) is 0 Å². The van der Waals surface area contributed by atoms with Crippen molar-refractivity contribution in [3.8, 4) is 5.82 Å². The predicted molar refractivity (Wildman–Crippen MR) is 88.3 cm³/mol. The van der Waals surface area contributed by atoms with Crippen LogP contribution in [0.4, 0.5) is 0 Å². The molecule has 0 radical (unpaired) electrons. The monoisotopic (exact) mass is 313 g/mol. The van der Waals surface area contributed by atoms with Gasteiger partial charge in [-0.2, -0.15) is 0 Å². The Bertz CT molecular complexity index is 694. The number of pyridine rings is 1. The zero-order valence-corrected chi connectivity index (χ0v) is 13.9. The van der Waals surface area contributed by atoms with Crippen LogP contribution < -0.4 is 0 Å². The van der Waals surface area contributed by atoms with E-state index in [1.54, 1.807) is 6.20 Å². The Kier molecular flexibility index (Phi) is 4.43. The van der Waals surface area contributed by atoms with Crippen LogP contribution in [0.25, 0.3) is 5.82 Å². The van der Waals surface area contributed by atoms with Crippen LogP contribution in [0.1, 0.15) is 30.4 Å². The summed E-state index contributed by atoms with van der Waals surface area (Å²) in [5.41, 5.74) is 0.959. The number of nitrogens with zero attached hydrogens (tertiary/aromatic N) is 5. The lowest BCUT2D eigenvalue weighted by Gasteiger charge is -2.26. The Morgan fingerprint density at radius 1 is 1.39 bits per heavy atom. The quantitative estimate of drug-likeness (QED) is 0.864. The van der Waals surface area contributed by atoms with E-state index in [0.717, 1.165) is 36.7 Å². The van der Waals surface area contributed by atoms with Gasteiger partial charge in [0.1, 0.15) is 11.6 Å². The number of carbonyl (C=O) groups excluding carboxylic acids is 1. The molecule has 1 aliphatic heterocycles. The summed E-state index contributed by atoms with van der Waals surface area (Å²) in [5.74, 6) is 1.93. The summed E-state index contributed by atoms with van der Waals surface area (Å²) in [6, 6.07) is 6.07. The number of likely N-dealkylation sites (N-methyl/N-ethyl adjacent to an activating group) is 1. The van der Waals surface area contributed by atoms with Gasteiger partial charge in [-0.05, 0) is 46.0 Å². The van der Waals surface area contributed by atoms with E-state index >= 15 is 0 Å². The van der Waals surface area contributed by atoms with Gasteiger partial charge in [0.25, 0.3) is 0 Å². The predicted octanol–water partition coefficient (Wildman–Crippen LogP) is 1.80. The molecule has 6 heteroatoms. The molecule has 0 spiro atoms. The van der Waals surface area contributed by atoms with Gasteiger partial charge >= 0.3 is 0 Å². The number of aryl methyl sites for hydroxylation is 1. The molecular formula is C17H23N5O. The minimum absolute atomic E-state index is 0.0752. The molecule has 1 fully saturated rings. The second kappa shape index (κ2) is 6.50. The SMILES string of the molecule is Cc1nccn1-c1cccc(C2CCCN2C(=O)CN(C)C)n1. The van der Waals surface area contributed by atoms with Crippen LogP contribution >= 0.6 is 0 Å². The van der Waals surface area contributed by atoms with Gasteiger partial charge in [0.05, 0.1) is 18.3 Å². The summed E-state index contributed by atoms with van der Waals surface area (Å²) in [6.07, 6.45) is 5.68. The van der Waals surface area contributed by atoms with E-state index in [2.05, 4.69) is 4.98 Å². The third-order valence-corrected chi connectivity index (χ3v) is 4.19. The van der Waals surface area contributed by atoms with E-state index < -0.39 is 0 Å². The molecule has 0 aromatic carbocycles. The fourth-order valence-electron chi connectivity index (χ4n) is 3.11. The molecule has 2 aromatic heterocycles. The smallest absolute Gasteiger partial charge is 0.237 e. The highest BCUT2D eigenvalue weighted by molar-refractivity contribution is 5.79. The van der Waals surface area contributed by atoms with Crippen molar-refractivity contribution < 1.29 is 4.79 Å². The minimum Gasteiger partial charge on any atom is -0.333 e. The molecular weight excluding hydrogens is 290 g/mol. The van der Waals surface area contributed by atoms with Crippen molar-refractivity contribution in [1.82, 2.24) is 24.3 Å². The molecule has 1 aliphatic rings. The fraction of sp³-hybridized carbons (Fsp3) is 0.471. The molecule has 0 bridgehead atoms. The van der Waals surface area contributed by atoms with Crippen LogP contribution in [0.3, 0.4) is 0 Å². The summed E-state index contributed by atoms with van der Waals surface area (Å²) >= 11 is 0. The Balaban J connectivity index is 1.86. The van der Waals surface area contributed by atoms with Gasteiger partial charge in [-0.1, -0.05) is 6.07 Å². The zero-order valence-electron chi connectivity index (χ0n) is 13.9. The number of hydrogen-bond acceptors (Lipinski definition) is 4. The molecule has 1 atom stereocenters. The van der Waals surface area contributed by atoms with Crippen LogP contribution in [0.5, 0.6) is 0 Å². The summed E-state index contributed by atoms with van der Waals surface area (Å²) in [7, 11) is 3.84. The number of aromatic nitrogens is 3. The average Bonchev–Trinajstić information content (AvgIpc) is 3.15. The van der Waals surface area contributed by atoms with Crippen LogP contribution in [-0.4, -0.2) is 57.4 Å². The van der Waals surface area contributed by atoms with Crippen molar-refractivity contribution in [2.75, 3.05) is 27.2 Å². The van der Waals surface area contributed by atoms with E-state index in [-0.39, 0.29) is 11.9 Å². The number of rotatable bonds is 4. The van der Waals surface area contributed by atoms with Gasteiger partial charge in [0, 0.05) is 18.9 Å². The summed E-state index contributed by atoms with van der Waals surface area (Å²) in [5, 5.41) is 0. The van der Waals surface area contributed by atoms with Crippen LogP contribution in [-0.2, 0) is 4.79 Å². The molecule has 1 amide bonds. The third kappa shape index (κ3) is 3.27. The van der Waals surface area contributed by atoms with Crippen molar-refractivity contribution >= 4 is 5.91 Å². The van der Waals surface area contributed by atoms with Gasteiger partial charge in [-0.15, -0.1) is 0 Å². The van der Waals surface area contributed by atoms with Crippen LogP contribution in [0.2, 0.25) is 0 Å². The number of carbonyl (C=O) groups is 1. The Hall–Kier alpha value is -2.21. The Morgan fingerprint density at radius 2 is 2.22 bits per heavy atom. The largest absolute Gasteiger partial charge is 0.333 e.